The maximum atomic E-state index is 11.9. The average Bonchev–Trinajstić information content (AvgIpc) is 2.40. The van der Waals surface area contributed by atoms with Gasteiger partial charge in [0, 0.05) is 19.6 Å². The summed E-state index contributed by atoms with van der Waals surface area (Å²) >= 11 is 0. The van der Waals surface area contributed by atoms with Crippen LogP contribution >= 0.6 is 0 Å². The summed E-state index contributed by atoms with van der Waals surface area (Å²) in [4.78, 5) is 23.6. The van der Waals surface area contributed by atoms with Crippen molar-refractivity contribution in [2.75, 3.05) is 21.3 Å². The first-order chi connectivity index (χ1) is 9.26. The van der Waals surface area contributed by atoms with Gasteiger partial charge in [0.05, 0.1) is 7.11 Å². The van der Waals surface area contributed by atoms with Gasteiger partial charge in [0.15, 0.2) is 6.29 Å². The van der Waals surface area contributed by atoms with E-state index in [2.05, 4.69) is 5.32 Å². The Labute approximate surface area is 121 Å². The molecule has 0 saturated heterocycles. The molecule has 6 nitrogen and oxygen atoms in total. The quantitative estimate of drug-likeness (QED) is 0.541. The van der Waals surface area contributed by atoms with Crippen LogP contribution in [0, 0.1) is 5.41 Å². The molecule has 0 fully saturated rings. The predicted molar refractivity (Wildman–Crippen MR) is 75.1 cm³/mol. The summed E-state index contributed by atoms with van der Waals surface area (Å²) in [5.74, 6) is -0.614. The highest BCUT2D eigenvalue weighted by molar-refractivity contribution is 5.87. The van der Waals surface area contributed by atoms with E-state index in [0.29, 0.717) is 19.3 Å². The summed E-state index contributed by atoms with van der Waals surface area (Å²) in [5.41, 5.74) is -0.548. The second-order valence-electron chi connectivity index (χ2n) is 5.63. The Balaban J connectivity index is 4.44. The molecule has 0 radical (unpaired) electrons. The van der Waals surface area contributed by atoms with Gasteiger partial charge in [0.2, 0.25) is 5.91 Å². The molecular weight excluding hydrogens is 262 g/mol. The highest BCUT2D eigenvalue weighted by atomic mass is 16.7. The molecule has 1 N–H and O–H groups in total. The van der Waals surface area contributed by atoms with Crippen molar-refractivity contribution in [3.8, 4) is 0 Å². The molecule has 0 saturated carbocycles. The Hall–Kier alpha value is -1.14. The van der Waals surface area contributed by atoms with E-state index in [1.54, 1.807) is 35.0 Å². The van der Waals surface area contributed by atoms with Crippen molar-refractivity contribution < 1.29 is 23.8 Å². The Morgan fingerprint density at radius 1 is 1.05 bits per heavy atom. The summed E-state index contributed by atoms with van der Waals surface area (Å²) < 4.78 is 14.9. The van der Waals surface area contributed by atoms with Crippen LogP contribution < -0.4 is 5.32 Å². The number of esters is 1. The van der Waals surface area contributed by atoms with Gasteiger partial charge < -0.3 is 19.5 Å². The molecule has 118 valence electrons. The number of nitrogens with one attached hydrogen (secondary N) is 1. The Kier molecular flexibility index (Phi) is 8.41. The van der Waals surface area contributed by atoms with E-state index in [9.17, 15) is 9.59 Å². The third-order valence-electron chi connectivity index (χ3n) is 2.93. The fourth-order valence-electron chi connectivity index (χ4n) is 1.59. The monoisotopic (exact) mass is 289 g/mol. The van der Waals surface area contributed by atoms with E-state index < -0.39 is 17.4 Å². The SMILES string of the molecule is COC(=O)C(CCCC(OC)OC)NC(=O)C(C)(C)C. The normalized spacial score (nSPS) is 13.2. The summed E-state index contributed by atoms with van der Waals surface area (Å²) in [6.45, 7) is 5.38. The van der Waals surface area contributed by atoms with Crippen molar-refractivity contribution in [1.29, 1.82) is 0 Å². The smallest absolute Gasteiger partial charge is 0.328 e. The topological polar surface area (TPSA) is 73.9 Å². The number of hydrogen-bond acceptors (Lipinski definition) is 5. The third kappa shape index (κ3) is 6.86. The highest BCUT2D eigenvalue weighted by Gasteiger charge is 2.27. The van der Waals surface area contributed by atoms with Gasteiger partial charge in [0.1, 0.15) is 6.04 Å². The van der Waals surface area contributed by atoms with Crippen LogP contribution in [-0.4, -0.2) is 45.5 Å². The number of hydrogen-bond donors (Lipinski definition) is 1. The Morgan fingerprint density at radius 2 is 1.60 bits per heavy atom. The average molecular weight is 289 g/mol. The fraction of sp³-hybridized carbons (Fsp3) is 0.857. The second kappa shape index (κ2) is 8.92. The molecule has 0 aromatic carbocycles. The van der Waals surface area contributed by atoms with E-state index in [0.717, 1.165) is 0 Å². The first-order valence-electron chi connectivity index (χ1n) is 6.70. The van der Waals surface area contributed by atoms with E-state index >= 15 is 0 Å². The zero-order valence-electron chi connectivity index (χ0n) is 13.3. The number of rotatable bonds is 8. The predicted octanol–water partition coefficient (Wildman–Crippen LogP) is 1.48. The standard InChI is InChI=1S/C14H27NO5/c1-14(2,3)13(17)15-10(12(16)20-6)8-7-9-11(18-4)19-5/h10-11H,7-9H2,1-6H3,(H,15,17). The zero-order chi connectivity index (χ0) is 15.8. The largest absolute Gasteiger partial charge is 0.467 e. The highest BCUT2D eigenvalue weighted by Crippen LogP contribution is 2.15. The molecule has 0 rings (SSSR count). The lowest BCUT2D eigenvalue weighted by Crippen LogP contribution is -2.46. The fourth-order valence-corrected chi connectivity index (χ4v) is 1.59. The molecule has 1 atom stereocenters. The lowest BCUT2D eigenvalue weighted by atomic mass is 9.95. The molecule has 0 aliphatic carbocycles. The number of carbonyl (C=O) groups is 2. The van der Waals surface area contributed by atoms with Crippen molar-refractivity contribution in [3.05, 3.63) is 0 Å². The lowest BCUT2D eigenvalue weighted by molar-refractivity contribution is -0.146. The van der Waals surface area contributed by atoms with E-state index in [-0.39, 0.29) is 12.2 Å². The van der Waals surface area contributed by atoms with Crippen molar-refractivity contribution in [2.45, 2.75) is 52.4 Å². The minimum Gasteiger partial charge on any atom is -0.467 e. The second-order valence-corrected chi connectivity index (χ2v) is 5.63. The molecule has 1 unspecified atom stereocenters. The Morgan fingerprint density at radius 3 is 2.00 bits per heavy atom. The minimum atomic E-state index is -0.638. The van der Waals surface area contributed by atoms with Gasteiger partial charge in [-0.25, -0.2) is 4.79 Å². The maximum absolute atomic E-state index is 11.9. The molecule has 6 heteroatoms. The van der Waals surface area contributed by atoms with Crippen molar-refractivity contribution >= 4 is 11.9 Å². The van der Waals surface area contributed by atoms with E-state index in [4.69, 9.17) is 14.2 Å². The van der Waals surface area contributed by atoms with E-state index in [1.807, 2.05) is 0 Å². The van der Waals surface area contributed by atoms with Gasteiger partial charge in [-0.05, 0) is 19.3 Å². The van der Waals surface area contributed by atoms with Gasteiger partial charge in [-0.15, -0.1) is 0 Å². The molecule has 0 spiro atoms. The number of ether oxygens (including phenoxy) is 3. The molecule has 0 aliphatic rings. The molecule has 0 aromatic heterocycles. The molecule has 0 aromatic rings. The van der Waals surface area contributed by atoms with Crippen molar-refractivity contribution in [1.82, 2.24) is 5.32 Å². The molecule has 0 aliphatic heterocycles. The molecule has 0 bridgehead atoms. The van der Waals surface area contributed by atoms with Gasteiger partial charge in [-0.3, -0.25) is 4.79 Å². The summed E-state index contributed by atoms with van der Waals surface area (Å²) in [5, 5.41) is 2.72. The van der Waals surface area contributed by atoms with Crippen LogP contribution in [0.5, 0.6) is 0 Å². The van der Waals surface area contributed by atoms with Crippen LogP contribution in [0.4, 0.5) is 0 Å². The first-order valence-corrected chi connectivity index (χ1v) is 6.70. The van der Waals surface area contributed by atoms with Crippen LogP contribution in [-0.2, 0) is 23.8 Å². The van der Waals surface area contributed by atoms with Crippen LogP contribution in [0.2, 0.25) is 0 Å². The number of amides is 1. The summed E-state index contributed by atoms with van der Waals surface area (Å²) in [6.07, 6.45) is 1.51. The van der Waals surface area contributed by atoms with Gasteiger partial charge in [-0.1, -0.05) is 20.8 Å². The molecule has 0 heterocycles. The molecule has 20 heavy (non-hydrogen) atoms. The summed E-state index contributed by atoms with van der Waals surface area (Å²) in [6, 6.07) is -0.638. The van der Waals surface area contributed by atoms with Gasteiger partial charge >= 0.3 is 5.97 Å². The first kappa shape index (κ1) is 18.9. The van der Waals surface area contributed by atoms with Gasteiger partial charge in [0.25, 0.3) is 0 Å². The minimum absolute atomic E-state index is 0.178. The maximum Gasteiger partial charge on any atom is 0.328 e. The lowest BCUT2D eigenvalue weighted by Gasteiger charge is -2.23. The van der Waals surface area contributed by atoms with Crippen molar-refractivity contribution in [3.63, 3.8) is 0 Å². The van der Waals surface area contributed by atoms with Crippen LogP contribution in [0.1, 0.15) is 40.0 Å². The van der Waals surface area contributed by atoms with Crippen LogP contribution in [0.3, 0.4) is 0 Å². The Bertz CT molecular complexity index is 307. The van der Waals surface area contributed by atoms with Crippen LogP contribution in [0.15, 0.2) is 0 Å². The third-order valence-corrected chi connectivity index (χ3v) is 2.93. The van der Waals surface area contributed by atoms with Crippen LogP contribution in [0.25, 0.3) is 0 Å². The molecular formula is C14H27NO5. The number of carbonyl (C=O) groups excluding carboxylic acids is 2. The van der Waals surface area contributed by atoms with Crippen molar-refractivity contribution in [2.24, 2.45) is 5.41 Å². The summed E-state index contributed by atoms with van der Waals surface area (Å²) in [7, 11) is 4.44. The molecule has 1 amide bonds. The van der Waals surface area contributed by atoms with Gasteiger partial charge in [-0.2, -0.15) is 0 Å². The van der Waals surface area contributed by atoms with E-state index in [1.165, 1.54) is 7.11 Å². The zero-order valence-corrected chi connectivity index (χ0v) is 13.3. The number of methoxy groups -OCH3 is 3.